The van der Waals surface area contributed by atoms with E-state index in [2.05, 4.69) is 25.4 Å². The van der Waals surface area contributed by atoms with Gasteiger partial charge in [-0.3, -0.25) is 4.79 Å². The first-order chi connectivity index (χ1) is 11.0. The van der Waals surface area contributed by atoms with Gasteiger partial charge in [0.15, 0.2) is 0 Å². The number of ether oxygens (including phenoxy) is 1. The normalized spacial score (nSPS) is 25.8. The Balaban J connectivity index is 0.000000585. The molecule has 1 aliphatic rings. The minimum Gasteiger partial charge on any atom is -0.462 e. The first kappa shape index (κ1) is 21.6. The predicted octanol–water partition coefficient (Wildman–Crippen LogP) is 4.80. The molecule has 0 aromatic carbocycles. The van der Waals surface area contributed by atoms with Crippen LogP contribution in [0.15, 0.2) is 37.0 Å². The predicted molar refractivity (Wildman–Crippen MR) is 99.4 cm³/mol. The molecule has 0 bridgehead atoms. The summed E-state index contributed by atoms with van der Waals surface area (Å²) in [7, 11) is 1.83. The third-order valence-electron chi connectivity index (χ3n) is 4.12. The molecule has 1 saturated heterocycles. The van der Waals surface area contributed by atoms with Crippen molar-refractivity contribution >= 4 is 5.97 Å². The second kappa shape index (κ2) is 13.1. The second-order valence-electron chi connectivity index (χ2n) is 6.26. The van der Waals surface area contributed by atoms with Crippen LogP contribution in [0.5, 0.6) is 0 Å². The van der Waals surface area contributed by atoms with Crippen molar-refractivity contribution in [3.63, 3.8) is 0 Å². The molecule has 1 heterocycles. The fourth-order valence-corrected chi connectivity index (χ4v) is 2.83. The van der Waals surface area contributed by atoms with Crippen molar-refractivity contribution in [3.8, 4) is 0 Å². The van der Waals surface area contributed by atoms with Gasteiger partial charge >= 0.3 is 5.97 Å². The van der Waals surface area contributed by atoms with Crippen LogP contribution in [-0.4, -0.2) is 25.2 Å². The van der Waals surface area contributed by atoms with Gasteiger partial charge in [0.25, 0.3) is 0 Å². The van der Waals surface area contributed by atoms with Crippen LogP contribution in [-0.2, 0) is 9.53 Å². The van der Waals surface area contributed by atoms with Crippen LogP contribution >= 0.6 is 0 Å². The third-order valence-corrected chi connectivity index (χ3v) is 4.12. The summed E-state index contributed by atoms with van der Waals surface area (Å²) >= 11 is 0. The molecule has 0 amide bonds. The maximum atomic E-state index is 11.7. The Labute approximate surface area is 142 Å². The molecule has 0 aromatic rings. The Morgan fingerprint density at radius 3 is 2.57 bits per heavy atom. The van der Waals surface area contributed by atoms with Gasteiger partial charge in [-0.25, -0.2) is 0 Å². The van der Waals surface area contributed by atoms with Crippen LogP contribution in [0.4, 0.5) is 0 Å². The average Bonchev–Trinajstić information content (AvgIpc) is 2.57. The summed E-state index contributed by atoms with van der Waals surface area (Å²) in [6.07, 6.45) is 12.3. The lowest BCUT2D eigenvalue weighted by Crippen LogP contribution is -2.36. The number of carbonyl (C=O) groups excluding carboxylic acids is 1. The van der Waals surface area contributed by atoms with Crippen molar-refractivity contribution in [1.29, 1.82) is 0 Å². The number of nitrogens with one attached hydrogen (secondary N) is 1. The number of likely N-dealkylation sites (N-methyl/N-ethyl adjacent to an activating group) is 1. The molecular weight excluding hydrogens is 286 g/mol. The van der Waals surface area contributed by atoms with Crippen LogP contribution in [0.2, 0.25) is 0 Å². The molecule has 1 N–H and O–H groups in total. The van der Waals surface area contributed by atoms with E-state index in [4.69, 9.17) is 4.74 Å². The molecule has 3 heteroatoms. The zero-order valence-electron chi connectivity index (χ0n) is 15.4. The average molecular weight is 322 g/mol. The molecule has 132 valence electrons. The third kappa shape index (κ3) is 10.1. The standard InChI is InChI=1S/C13H25NO2.C7H10/c1-4-6-11-7-5-8-12(14-3)13(15)16-10(2)9-11;1-4-6-7(3)5-2/h10-12,14H,4-9H2,1-3H3;4-6H,1-2H2,3H3/b;7-6-/t10?,11?,12-;/m0./s1. The minimum atomic E-state index is -0.108. The SMILES string of the molecule is C=C/C=C(/C)C=C.CCCC1CCC[C@H](NC)C(=O)OC(C)C1. The van der Waals surface area contributed by atoms with E-state index in [0.29, 0.717) is 0 Å². The van der Waals surface area contributed by atoms with Crippen molar-refractivity contribution in [1.82, 2.24) is 5.32 Å². The number of rotatable bonds is 5. The van der Waals surface area contributed by atoms with Crippen molar-refractivity contribution in [2.75, 3.05) is 7.05 Å². The number of hydrogen-bond acceptors (Lipinski definition) is 3. The van der Waals surface area contributed by atoms with Crippen molar-refractivity contribution in [2.45, 2.75) is 71.4 Å². The lowest BCUT2D eigenvalue weighted by atomic mass is 9.91. The fourth-order valence-electron chi connectivity index (χ4n) is 2.83. The van der Waals surface area contributed by atoms with E-state index in [1.165, 1.54) is 19.3 Å². The Bertz CT molecular complexity index is 387. The molecule has 0 spiro atoms. The number of allylic oxidation sites excluding steroid dienone is 4. The van der Waals surface area contributed by atoms with Crippen molar-refractivity contribution in [3.05, 3.63) is 37.0 Å². The lowest BCUT2D eigenvalue weighted by molar-refractivity contribution is -0.151. The van der Waals surface area contributed by atoms with Gasteiger partial charge in [-0.15, -0.1) is 0 Å². The van der Waals surface area contributed by atoms with Crippen LogP contribution < -0.4 is 5.32 Å². The first-order valence-electron chi connectivity index (χ1n) is 8.77. The van der Waals surface area contributed by atoms with Crippen molar-refractivity contribution in [2.24, 2.45) is 5.92 Å². The largest absolute Gasteiger partial charge is 0.462 e. The van der Waals surface area contributed by atoms with E-state index in [9.17, 15) is 4.79 Å². The number of carbonyl (C=O) groups is 1. The highest BCUT2D eigenvalue weighted by molar-refractivity contribution is 5.75. The first-order valence-corrected chi connectivity index (χ1v) is 8.77. The highest BCUT2D eigenvalue weighted by Gasteiger charge is 2.24. The zero-order valence-corrected chi connectivity index (χ0v) is 15.4. The van der Waals surface area contributed by atoms with Gasteiger partial charge in [-0.1, -0.05) is 69.6 Å². The Kier molecular flexibility index (Phi) is 12.4. The maximum absolute atomic E-state index is 11.7. The van der Waals surface area contributed by atoms with Gasteiger partial charge in [-0.05, 0) is 39.7 Å². The summed E-state index contributed by atoms with van der Waals surface area (Å²) in [5, 5.41) is 3.04. The van der Waals surface area contributed by atoms with Gasteiger partial charge in [0.1, 0.15) is 6.04 Å². The molecule has 0 radical (unpaired) electrons. The molecule has 1 aliphatic heterocycles. The van der Waals surface area contributed by atoms with Gasteiger partial charge in [0.2, 0.25) is 0 Å². The van der Waals surface area contributed by atoms with Gasteiger partial charge < -0.3 is 10.1 Å². The molecule has 0 saturated carbocycles. The lowest BCUT2D eigenvalue weighted by Gasteiger charge is -2.19. The monoisotopic (exact) mass is 321 g/mol. The summed E-state index contributed by atoms with van der Waals surface area (Å²) in [6, 6.07) is -0.108. The molecule has 0 aliphatic carbocycles. The van der Waals surface area contributed by atoms with Gasteiger partial charge in [0, 0.05) is 0 Å². The Morgan fingerprint density at radius 2 is 2.09 bits per heavy atom. The quantitative estimate of drug-likeness (QED) is 0.584. The van der Waals surface area contributed by atoms with Gasteiger partial charge in [0.05, 0.1) is 6.10 Å². The summed E-state index contributed by atoms with van der Waals surface area (Å²) in [6.45, 7) is 13.3. The summed E-state index contributed by atoms with van der Waals surface area (Å²) < 4.78 is 5.45. The van der Waals surface area contributed by atoms with E-state index in [-0.39, 0.29) is 18.1 Å². The second-order valence-corrected chi connectivity index (χ2v) is 6.26. The molecule has 1 fully saturated rings. The maximum Gasteiger partial charge on any atom is 0.323 e. The molecule has 1 rings (SSSR count). The highest BCUT2D eigenvalue weighted by atomic mass is 16.5. The van der Waals surface area contributed by atoms with E-state index >= 15 is 0 Å². The number of hydrogen-bond donors (Lipinski definition) is 1. The van der Waals surface area contributed by atoms with Crippen LogP contribution in [0, 0.1) is 5.92 Å². The number of cyclic esters (lactones) is 1. The Hall–Kier alpha value is -1.35. The molecule has 0 aromatic heterocycles. The van der Waals surface area contributed by atoms with Crippen molar-refractivity contribution < 1.29 is 9.53 Å². The van der Waals surface area contributed by atoms with E-state index < -0.39 is 0 Å². The summed E-state index contributed by atoms with van der Waals surface area (Å²) in [5.74, 6) is 0.649. The molecule has 3 atom stereocenters. The molecular formula is C20H35NO2. The highest BCUT2D eigenvalue weighted by Crippen LogP contribution is 2.24. The van der Waals surface area contributed by atoms with E-state index in [1.54, 1.807) is 12.2 Å². The topological polar surface area (TPSA) is 38.3 Å². The fraction of sp³-hybridized carbons (Fsp3) is 0.650. The zero-order chi connectivity index (χ0) is 17.7. The molecule has 2 unspecified atom stereocenters. The minimum absolute atomic E-state index is 0.0676. The molecule has 3 nitrogen and oxygen atoms in total. The van der Waals surface area contributed by atoms with Crippen LogP contribution in [0.25, 0.3) is 0 Å². The molecule has 23 heavy (non-hydrogen) atoms. The van der Waals surface area contributed by atoms with Crippen LogP contribution in [0.3, 0.4) is 0 Å². The van der Waals surface area contributed by atoms with E-state index in [0.717, 1.165) is 30.8 Å². The summed E-state index contributed by atoms with van der Waals surface area (Å²) in [5.41, 5.74) is 1.15. The van der Waals surface area contributed by atoms with E-state index in [1.807, 2.05) is 27.0 Å². The number of esters is 1. The summed E-state index contributed by atoms with van der Waals surface area (Å²) in [4.78, 5) is 11.7. The Morgan fingerprint density at radius 1 is 1.39 bits per heavy atom. The smallest absolute Gasteiger partial charge is 0.323 e. The van der Waals surface area contributed by atoms with Gasteiger partial charge in [-0.2, -0.15) is 0 Å². The van der Waals surface area contributed by atoms with Crippen LogP contribution in [0.1, 0.15) is 59.3 Å².